The van der Waals surface area contributed by atoms with Crippen LogP contribution in [0.15, 0.2) is 12.3 Å². The number of anilines is 1. The zero-order valence-corrected chi connectivity index (χ0v) is 35.1. The van der Waals surface area contributed by atoms with Crippen molar-refractivity contribution in [3.63, 3.8) is 0 Å². The number of rotatable bonds is 7. The number of carbonyl (C=O) groups is 2. The maximum Gasteiger partial charge on any atom is 0.361 e. The van der Waals surface area contributed by atoms with Gasteiger partial charge in [-0.05, 0) is 73.3 Å². The first kappa shape index (κ1) is 43.7. The lowest BCUT2D eigenvalue weighted by Gasteiger charge is -2.26. The molecule has 19 heteroatoms. The molecule has 3 saturated heterocycles. The van der Waals surface area contributed by atoms with Crippen LogP contribution >= 0.6 is 19.2 Å². The maximum absolute atomic E-state index is 14.0. The fraction of sp³-hybridized carbons (Fsp3) is 0.737. The van der Waals surface area contributed by atoms with Gasteiger partial charge in [0.25, 0.3) is 0 Å². The van der Waals surface area contributed by atoms with Crippen molar-refractivity contribution < 1.29 is 61.1 Å². The predicted octanol–water partition coefficient (Wildman–Crippen LogP) is 6.41. The molecule has 5 heterocycles. The smallest absolute Gasteiger partial charge is 0.361 e. The van der Waals surface area contributed by atoms with Crippen LogP contribution in [0.2, 0.25) is 5.15 Å². The van der Waals surface area contributed by atoms with Crippen LogP contribution in [0.1, 0.15) is 91.9 Å². The van der Waals surface area contributed by atoms with E-state index in [2.05, 4.69) is 16.4 Å². The van der Waals surface area contributed by atoms with Crippen molar-refractivity contribution in [2.24, 2.45) is 10.8 Å². The van der Waals surface area contributed by atoms with E-state index in [0.717, 1.165) is 25.7 Å². The summed E-state index contributed by atoms with van der Waals surface area (Å²) in [6, 6.07) is 4.28. The van der Waals surface area contributed by atoms with Gasteiger partial charge in [-0.2, -0.15) is 5.26 Å². The van der Waals surface area contributed by atoms with Crippen LogP contribution in [0.5, 0.6) is 0 Å². The number of halogens is 1. The summed E-state index contributed by atoms with van der Waals surface area (Å²) in [5.41, 5.74) is -0.652. The SMILES string of the molecule is CC1(C)O[C@@H]2[C@H](O1)[C@@H](COCP1(=O)OCOC(=O)C(C)(C)COCCCCOCC(C)(C)C(=O)OCO1)O[C@H]2n1ccc2c(NC3CCCC3)c(C#N)c(Cl)nc21. The molecule has 316 valence electrons. The van der Waals surface area contributed by atoms with Crippen molar-refractivity contribution in [2.45, 2.75) is 116 Å². The summed E-state index contributed by atoms with van der Waals surface area (Å²) in [6.07, 6.45) is 4.04. The standard InChI is InChI=1S/C38H54ClN4O13P/c1-36(2)19-47-15-9-10-16-48-20-37(3,4)35(45)51-22-53-57(46,52-21-50-34(36)44)23-49-18-27-29-30(56-38(5,6)55-29)33(54-27)43-14-13-25-28(41-24-11-7-8-12-24)26(17-40)31(39)42-32(25)43/h13-14,24,27,29-30,33H,7-12,15-16,18-23H2,1-6H3,(H,41,42)/t27-,29-,30-,33-/m1/s1. The number of aromatic nitrogens is 2. The van der Waals surface area contributed by atoms with Crippen LogP contribution in [0, 0.1) is 22.2 Å². The second-order valence-corrected chi connectivity index (χ2v) is 18.9. The van der Waals surface area contributed by atoms with E-state index >= 15 is 0 Å². The number of hydrogen-bond acceptors (Lipinski definition) is 16. The lowest BCUT2D eigenvalue weighted by atomic mass is 9.95. The van der Waals surface area contributed by atoms with E-state index in [9.17, 15) is 19.4 Å². The lowest BCUT2D eigenvalue weighted by Crippen LogP contribution is -2.33. The van der Waals surface area contributed by atoms with E-state index in [-0.39, 0.29) is 36.6 Å². The van der Waals surface area contributed by atoms with Crippen molar-refractivity contribution in [1.29, 1.82) is 5.26 Å². The van der Waals surface area contributed by atoms with E-state index in [0.29, 0.717) is 42.8 Å². The normalized spacial score (nSPS) is 28.7. The van der Waals surface area contributed by atoms with Crippen molar-refractivity contribution in [3.05, 3.63) is 23.0 Å². The molecule has 0 aromatic carbocycles. The summed E-state index contributed by atoms with van der Waals surface area (Å²) < 4.78 is 73.9. The monoisotopic (exact) mass is 840 g/mol. The summed E-state index contributed by atoms with van der Waals surface area (Å²) in [5, 5.41) is 14.3. The Morgan fingerprint density at radius 2 is 1.54 bits per heavy atom. The summed E-state index contributed by atoms with van der Waals surface area (Å²) in [6.45, 7) is 9.62. The van der Waals surface area contributed by atoms with Gasteiger partial charge in [0.2, 0.25) is 13.6 Å². The number of nitrogens with zero attached hydrogens (tertiary/aromatic N) is 3. The number of carbonyl (C=O) groups excluding carboxylic acids is 2. The maximum atomic E-state index is 14.0. The molecule has 0 amide bonds. The number of ether oxygens (including phenoxy) is 8. The predicted molar refractivity (Wildman–Crippen MR) is 204 cm³/mol. The fourth-order valence-corrected chi connectivity index (χ4v) is 8.37. The van der Waals surface area contributed by atoms with E-state index < -0.39 is 80.6 Å². The molecule has 1 saturated carbocycles. The minimum Gasteiger partial charge on any atom is -0.437 e. The first-order valence-corrected chi connectivity index (χ1v) is 21.5. The van der Waals surface area contributed by atoms with Gasteiger partial charge in [-0.3, -0.25) is 23.2 Å². The van der Waals surface area contributed by atoms with Gasteiger partial charge >= 0.3 is 19.5 Å². The highest BCUT2D eigenvalue weighted by Crippen LogP contribution is 2.50. The highest BCUT2D eigenvalue weighted by Gasteiger charge is 2.56. The molecular weight excluding hydrogens is 787 g/mol. The lowest BCUT2D eigenvalue weighted by molar-refractivity contribution is -0.201. The molecule has 2 aromatic rings. The van der Waals surface area contributed by atoms with Crippen LogP contribution in [0.3, 0.4) is 0 Å². The molecule has 6 rings (SSSR count). The van der Waals surface area contributed by atoms with E-state index in [4.69, 9.17) is 58.5 Å². The Labute approximate surface area is 337 Å². The molecule has 1 N–H and O–H groups in total. The molecular formula is C38H54ClN4O13P. The Bertz CT molecular complexity index is 1800. The first-order valence-electron chi connectivity index (χ1n) is 19.4. The Morgan fingerprint density at radius 3 is 2.14 bits per heavy atom. The van der Waals surface area contributed by atoms with Gasteiger partial charge in [-0.1, -0.05) is 24.4 Å². The first-order chi connectivity index (χ1) is 27.0. The molecule has 57 heavy (non-hydrogen) atoms. The molecule has 1 aliphatic carbocycles. The molecule has 3 aliphatic heterocycles. The third-order valence-electron chi connectivity index (χ3n) is 10.3. The fourth-order valence-electron chi connectivity index (χ4n) is 7.17. The van der Waals surface area contributed by atoms with Gasteiger partial charge in [0.15, 0.2) is 17.2 Å². The number of esters is 2. The van der Waals surface area contributed by atoms with Gasteiger partial charge in [0.05, 0.1) is 36.3 Å². The average Bonchev–Trinajstić information content (AvgIpc) is 3.94. The number of nitrogens with one attached hydrogen (secondary N) is 1. The number of fused-ring (bicyclic) bond motifs is 2. The van der Waals surface area contributed by atoms with E-state index in [1.165, 1.54) is 0 Å². The van der Waals surface area contributed by atoms with E-state index in [1.54, 1.807) is 46.1 Å². The summed E-state index contributed by atoms with van der Waals surface area (Å²) in [4.78, 5) is 30.4. The Kier molecular flexibility index (Phi) is 13.9. The van der Waals surface area contributed by atoms with Crippen molar-refractivity contribution >= 4 is 47.9 Å². The van der Waals surface area contributed by atoms with Crippen LogP contribution in [-0.2, 0) is 61.1 Å². The minimum absolute atomic E-state index is 0.0642. The molecule has 4 fully saturated rings. The topological polar surface area (TPSA) is 197 Å². The molecule has 0 bridgehead atoms. The number of cyclic esters (lactones) is 2. The van der Waals surface area contributed by atoms with Gasteiger partial charge in [0.1, 0.15) is 41.9 Å². The average molecular weight is 841 g/mol. The number of nitriles is 1. The molecule has 0 spiro atoms. The zero-order valence-electron chi connectivity index (χ0n) is 33.4. The third-order valence-corrected chi connectivity index (χ3v) is 12.1. The zero-order chi connectivity index (χ0) is 41.0. The second kappa shape index (κ2) is 18.2. The van der Waals surface area contributed by atoms with Gasteiger partial charge in [0, 0.05) is 30.8 Å². The summed E-state index contributed by atoms with van der Waals surface area (Å²) in [7, 11) is -4.24. The quantitative estimate of drug-likeness (QED) is 0.182. The van der Waals surface area contributed by atoms with Crippen molar-refractivity contribution in [3.8, 4) is 6.07 Å². The molecule has 0 unspecified atom stereocenters. The van der Waals surface area contributed by atoms with Crippen molar-refractivity contribution in [2.75, 3.05) is 58.3 Å². The Hall–Kier alpha value is -2.88. The highest BCUT2D eigenvalue weighted by molar-refractivity contribution is 7.53. The van der Waals surface area contributed by atoms with Crippen LogP contribution in [0.25, 0.3) is 11.0 Å². The van der Waals surface area contributed by atoms with Gasteiger partial charge in [-0.15, -0.1) is 0 Å². The largest absolute Gasteiger partial charge is 0.437 e. The van der Waals surface area contributed by atoms with Gasteiger partial charge in [-0.25, -0.2) is 4.98 Å². The highest BCUT2D eigenvalue weighted by atomic mass is 35.5. The molecule has 4 aliphatic rings. The Balaban J connectivity index is 1.17. The molecule has 0 radical (unpaired) electrons. The minimum atomic E-state index is -4.24. The number of pyridine rings is 1. The van der Waals surface area contributed by atoms with E-state index in [1.807, 2.05) is 12.3 Å². The molecule has 2 aromatic heterocycles. The third kappa shape index (κ3) is 10.5. The molecule has 4 atom stereocenters. The number of hydrogen-bond donors (Lipinski definition) is 1. The van der Waals surface area contributed by atoms with Crippen LogP contribution in [-0.4, -0.2) is 105 Å². The summed E-state index contributed by atoms with van der Waals surface area (Å²) in [5.74, 6) is -2.25. The van der Waals surface area contributed by atoms with Crippen molar-refractivity contribution in [1.82, 2.24) is 9.55 Å². The van der Waals surface area contributed by atoms with Gasteiger partial charge < -0.3 is 47.8 Å². The Morgan fingerprint density at radius 1 is 0.947 bits per heavy atom. The molecule has 17 nitrogen and oxygen atoms in total. The van der Waals surface area contributed by atoms with Crippen LogP contribution in [0.4, 0.5) is 5.69 Å². The van der Waals surface area contributed by atoms with Crippen LogP contribution < -0.4 is 5.32 Å². The summed E-state index contributed by atoms with van der Waals surface area (Å²) >= 11 is 6.60. The second-order valence-electron chi connectivity index (χ2n) is 16.5.